The maximum Gasteiger partial charge on any atom is 0.262 e. The molecular weight excluding hydrogens is 358 g/mol. The van der Waals surface area contributed by atoms with E-state index in [0.29, 0.717) is 17.0 Å². The van der Waals surface area contributed by atoms with Crippen LogP contribution in [0.4, 0.5) is 5.69 Å². The zero-order chi connectivity index (χ0) is 20.2. The molecular formula is C21H25N3O4. The topological polar surface area (TPSA) is 86.8 Å². The fraction of sp³-hybridized carbons (Fsp3) is 0.524. The fourth-order valence-electron chi connectivity index (χ4n) is 4.52. The third-order valence-electron chi connectivity index (χ3n) is 6.83. The largest absolute Gasteiger partial charge is 0.371 e. The monoisotopic (exact) mass is 383 g/mol. The van der Waals surface area contributed by atoms with Crippen molar-refractivity contribution < 1.29 is 19.2 Å². The number of nitrogens with zero attached hydrogens (tertiary/aromatic N) is 2. The number of hydrogen-bond acceptors (Lipinski definition) is 5. The van der Waals surface area contributed by atoms with Crippen molar-refractivity contribution in [1.82, 2.24) is 10.2 Å². The van der Waals surface area contributed by atoms with Crippen LogP contribution in [0.3, 0.4) is 0 Å². The highest BCUT2D eigenvalue weighted by Crippen LogP contribution is 2.41. The van der Waals surface area contributed by atoms with Crippen LogP contribution in [0.25, 0.3) is 0 Å². The van der Waals surface area contributed by atoms with Crippen molar-refractivity contribution in [2.75, 3.05) is 18.0 Å². The van der Waals surface area contributed by atoms with E-state index in [1.807, 2.05) is 6.07 Å². The zero-order valence-electron chi connectivity index (χ0n) is 16.4. The zero-order valence-corrected chi connectivity index (χ0v) is 16.4. The lowest BCUT2D eigenvalue weighted by Crippen LogP contribution is -2.54. The van der Waals surface area contributed by atoms with Crippen molar-refractivity contribution in [2.24, 2.45) is 11.3 Å². The van der Waals surface area contributed by atoms with E-state index < -0.39 is 23.8 Å². The number of amides is 4. The molecule has 0 aliphatic carbocycles. The summed E-state index contributed by atoms with van der Waals surface area (Å²) in [4.78, 5) is 52.6. The van der Waals surface area contributed by atoms with Gasteiger partial charge in [0.25, 0.3) is 11.8 Å². The predicted octanol–water partition coefficient (Wildman–Crippen LogP) is 1.96. The molecule has 1 N–H and O–H groups in total. The number of fused-ring (bicyclic) bond motifs is 1. The lowest BCUT2D eigenvalue weighted by atomic mass is 9.79. The standard InChI is InChI=1S/C21H25N3O4/c1-4-21(3)11-23(10-12(21)2)13-5-6-14-15(9-13)20(28)24(19(14)27)16-7-8-17(25)22-18(16)26/h5-6,9,12,16H,4,7-8,10-11H2,1-3H3,(H,22,25,26)/t12-,16?,21-/m1/s1. The molecule has 2 fully saturated rings. The summed E-state index contributed by atoms with van der Waals surface area (Å²) in [7, 11) is 0. The van der Waals surface area contributed by atoms with Gasteiger partial charge in [0.05, 0.1) is 11.1 Å². The Kier molecular flexibility index (Phi) is 4.28. The SMILES string of the molecule is CC[C@]1(C)CN(c2ccc3c(c2)C(=O)N(C2CCC(=O)NC2=O)C3=O)C[C@H]1C. The van der Waals surface area contributed by atoms with Gasteiger partial charge in [-0.3, -0.25) is 29.4 Å². The molecule has 3 heterocycles. The predicted molar refractivity (Wildman–Crippen MR) is 103 cm³/mol. The molecule has 4 amide bonds. The number of nitrogens with one attached hydrogen (secondary N) is 1. The normalized spacial score (nSPS) is 30.1. The summed E-state index contributed by atoms with van der Waals surface area (Å²) in [6, 6.07) is 4.41. The van der Waals surface area contributed by atoms with Crippen molar-refractivity contribution in [3.8, 4) is 0 Å². The second-order valence-electron chi connectivity index (χ2n) is 8.47. The third kappa shape index (κ3) is 2.72. The van der Waals surface area contributed by atoms with Crippen molar-refractivity contribution in [1.29, 1.82) is 0 Å². The van der Waals surface area contributed by atoms with Gasteiger partial charge in [0.15, 0.2) is 0 Å². The number of rotatable bonds is 3. The minimum atomic E-state index is -0.927. The van der Waals surface area contributed by atoms with Crippen LogP contribution in [0.2, 0.25) is 0 Å². The first kappa shape index (κ1) is 18.7. The van der Waals surface area contributed by atoms with Crippen molar-refractivity contribution in [3.05, 3.63) is 29.3 Å². The summed E-state index contributed by atoms with van der Waals surface area (Å²) >= 11 is 0. The van der Waals surface area contributed by atoms with E-state index in [4.69, 9.17) is 0 Å². The van der Waals surface area contributed by atoms with Gasteiger partial charge in [-0.15, -0.1) is 0 Å². The average Bonchev–Trinajstić information content (AvgIpc) is 3.10. The van der Waals surface area contributed by atoms with Gasteiger partial charge in [-0.2, -0.15) is 0 Å². The highest BCUT2D eigenvalue weighted by atomic mass is 16.2. The maximum atomic E-state index is 13.0. The summed E-state index contributed by atoms with van der Waals surface area (Å²) in [6.45, 7) is 8.54. The van der Waals surface area contributed by atoms with Crippen LogP contribution < -0.4 is 10.2 Å². The van der Waals surface area contributed by atoms with Gasteiger partial charge in [-0.1, -0.05) is 20.8 Å². The highest BCUT2D eigenvalue weighted by molar-refractivity contribution is 6.23. The fourth-order valence-corrected chi connectivity index (χ4v) is 4.52. The van der Waals surface area contributed by atoms with Crippen LogP contribution in [-0.2, 0) is 9.59 Å². The molecule has 7 heteroatoms. The van der Waals surface area contributed by atoms with Crippen LogP contribution in [0, 0.1) is 11.3 Å². The quantitative estimate of drug-likeness (QED) is 0.807. The average molecular weight is 383 g/mol. The second kappa shape index (κ2) is 6.43. The first-order chi connectivity index (χ1) is 13.2. The number of carbonyl (C=O) groups is 4. The van der Waals surface area contributed by atoms with Gasteiger partial charge in [0, 0.05) is 25.2 Å². The molecule has 148 valence electrons. The van der Waals surface area contributed by atoms with Crippen LogP contribution in [0.15, 0.2) is 18.2 Å². The molecule has 0 aromatic heterocycles. The molecule has 0 radical (unpaired) electrons. The Morgan fingerprint density at radius 1 is 1.14 bits per heavy atom. The summed E-state index contributed by atoms with van der Waals surface area (Å²) in [6.07, 6.45) is 1.37. The maximum absolute atomic E-state index is 13.0. The second-order valence-corrected chi connectivity index (χ2v) is 8.47. The minimum absolute atomic E-state index is 0.121. The van der Waals surface area contributed by atoms with E-state index in [1.54, 1.807) is 12.1 Å². The Balaban J connectivity index is 1.62. The van der Waals surface area contributed by atoms with E-state index in [9.17, 15) is 19.2 Å². The number of hydrogen-bond donors (Lipinski definition) is 1. The molecule has 0 bridgehead atoms. The first-order valence-corrected chi connectivity index (χ1v) is 9.85. The van der Waals surface area contributed by atoms with E-state index in [0.717, 1.165) is 30.1 Å². The number of anilines is 1. The number of carbonyl (C=O) groups excluding carboxylic acids is 4. The summed E-state index contributed by atoms with van der Waals surface area (Å²) < 4.78 is 0. The van der Waals surface area contributed by atoms with Gasteiger partial charge < -0.3 is 4.90 Å². The smallest absolute Gasteiger partial charge is 0.262 e. The van der Waals surface area contributed by atoms with E-state index >= 15 is 0 Å². The van der Waals surface area contributed by atoms with Crippen LogP contribution >= 0.6 is 0 Å². The molecule has 4 rings (SSSR count). The van der Waals surface area contributed by atoms with E-state index in [1.165, 1.54) is 0 Å². The summed E-state index contributed by atoms with van der Waals surface area (Å²) in [5.41, 5.74) is 1.81. The highest BCUT2D eigenvalue weighted by Gasteiger charge is 2.45. The van der Waals surface area contributed by atoms with Crippen molar-refractivity contribution in [3.63, 3.8) is 0 Å². The van der Waals surface area contributed by atoms with Crippen LogP contribution in [-0.4, -0.2) is 47.7 Å². The van der Waals surface area contributed by atoms with Gasteiger partial charge in [-0.25, -0.2) is 0 Å². The number of benzene rings is 1. The van der Waals surface area contributed by atoms with E-state index in [2.05, 4.69) is 31.0 Å². The molecule has 3 aliphatic rings. The van der Waals surface area contributed by atoms with Gasteiger partial charge in [0.2, 0.25) is 11.8 Å². The third-order valence-corrected chi connectivity index (χ3v) is 6.83. The van der Waals surface area contributed by atoms with Gasteiger partial charge in [0.1, 0.15) is 6.04 Å². The lowest BCUT2D eigenvalue weighted by molar-refractivity contribution is -0.136. The number of imide groups is 2. The Morgan fingerprint density at radius 2 is 1.86 bits per heavy atom. The molecule has 0 spiro atoms. The molecule has 7 nitrogen and oxygen atoms in total. The minimum Gasteiger partial charge on any atom is -0.371 e. The molecule has 1 aromatic rings. The molecule has 1 unspecified atom stereocenters. The Labute approximate surface area is 164 Å². The summed E-state index contributed by atoms with van der Waals surface area (Å²) in [5, 5.41) is 2.22. The molecule has 0 saturated carbocycles. The Hall–Kier alpha value is -2.70. The van der Waals surface area contributed by atoms with Crippen LogP contribution in [0.5, 0.6) is 0 Å². The molecule has 3 atom stereocenters. The molecule has 2 saturated heterocycles. The molecule has 28 heavy (non-hydrogen) atoms. The van der Waals surface area contributed by atoms with Gasteiger partial charge >= 0.3 is 0 Å². The lowest BCUT2D eigenvalue weighted by Gasteiger charge is -2.27. The van der Waals surface area contributed by atoms with Crippen molar-refractivity contribution in [2.45, 2.75) is 46.1 Å². The first-order valence-electron chi connectivity index (χ1n) is 9.85. The number of piperidine rings is 1. The molecule has 1 aromatic carbocycles. The van der Waals surface area contributed by atoms with E-state index in [-0.39, 0.29) is 24.2 Å². The van der Waals surface area contributed by atoms with Crippen molar-refractivity contribution >= 4 is 29.3 Å². The van der Waals surface area contributed by atoms with Gasteiger partial charge in [-0.05, 0) is 42.4 Å². The molecule has 3 aliphatic heterocycles. The Bertz CT molecular complexity index is 896. The Morgan fingerprint density at radius 3 is 2.50 bits per heavy atom. The summed E-state index contributed by atoms with van der Waals surface area (Å²) in [5.74, 6) is -1.35. The van der Waals surface area contributed by atoms with Crippen LogP contribution in [0.1, 0.15) is 60.7 Å².